The fourth-order valence-corrected chi connectivity index (χ4v) is 3.66. The van der Waals surface area contributed by atoms with Gasteiger partial charge in [-0.05, 0) is 24.6 Å². The summed E-state index contributed by atoms with van der Waals surface area (Å²) < 4.78 is 22.3. The van der Waals surface area contributed by atoms with Gasteiger partial charge in [0.15, 0.2) is 11.5 Å². The fraction of sp³-hybridized carbons (Fsp3) is 0.227. The van der Waals surface area contributed by atoms with Crippen molar-refractivity contribution in [1.29, 1.82) is 0 Å². The lowest BCUT2D eigenvalue weighted by Crippen LogP contribution is -2.03. The molecule has 1 aromatic heterocycles. The number of hydrogen-bond donors (Lipinski definition) is 0. The van der Waals surface area contributed by atoms with Gasteiger partial charge >= 0.3 is 5.69 Å². The third kappa shape index (κ3) is 6.25. The number of rotatable bonds is 12. The molecule has 0 aliphatic carbocycles. The highest BCUT2D eigenvalue weighted by atomic mass is 32.2. The zero-order chi connectivity index (χ0) is 24.5. The molecule has 3 rings (SSSR count). The lowest BCUT2D eigenvalue weighted by Gasteiger charge is -2.16. The van der Waals surface area contributed by atoms with Crippen molar-refractivity contribution in [2.45, 2.75) is 11.4 Å². The average molecular weight is 487 g/mol. The first-order valence-electron chi connectivity index (χ1n) is 9.96. The molecule has 0 N–H and O–H groups in total. The molecular formula is C22H21N3O8S. The van der Waals surface area contributed by atoms with E-state index in [1.807, 2.05) is 18.2 Å². The first-order valence-corrected chi connectivity index (χ1v) is 10.9. The van der Waals surface area contributed by atoms with Crippen LogP contribution in [0.3, 0.4) is 0 Å². The van der Waals surface area contributed by atoms with Crippen LogP contribution in [0.4, 0.5) is 11.4 Å². The maximum Gasteiger partial charge on any atom is 0.318 e. The minimum atomic E-state index is -0.753. The highest BCUT2D eigenvalue weighted by Crippen LogP contribution is 2.43. The highest BCUT2D eigenvalue weighted by Gasteiger charge is 2.23. The highest BCUT2D eigenvalue weighted by molar-refractivity contribution is 7.99. The van der Waals surface area contributed by atoms with Gasteiger partial charge in [-0.3, -0.25) is 20.2 Å². The SMILES string of the molecule is COc1cc(Oc2ccc([N+](=O)[O-])cc2[N+](=O)[O-])cc(OC)c1OCCCSc1ccccn1. The number of non-ortho nitro benzene ring substituents is 1. The van der Waals surface area contributed by atoms with E-state index in [0.717, 1.165) is 29.3 Å². The van der Waals surface area contributed by atoms with Crippen molar-refractivity contribution in [3.05, 3.63) is 75.0 Å². The topological polar surface area (TPSA) is 136 Å². The third-order valence-corrected chi connectivity index (χ3v) is 5.46. The van der Waals surface area contributed by atoms with Crippen LogP contribution in [0.1, 0.15) is 6.42 Å². The Labute approximate surface area is 198 Å². The molecule has 1 heterocycles. The second-order valence-electron chi connectivity index (χ2n) is 6.64. The number of methoxy groups -OCH3 is 2. The number of hydrogen-bond acceptors (Lipinski definition) is 10. The van der Waals surface area contributed by atoms with Crippen molar-refractivity contribution in [2.75, 3.05) is 26.6 Å². The second kappa shape index (κ2) is 11.7. The molecule has 0 saturated heterocycles. The molecule has 12 heteroatoms. The summed E-state index contributed by atoms with van der Waals surface area (Å²) in [4.78, 5) is 25.1. The van der Waals surface area contributed by atoms with Gasteiger partial charge in [-0.1, -0.05) is 6.07 Å². The van der Waals surface area contributed by atoms with Crippen LogP contribution in [-0.4, -0.2) is 41.4 Å². The molecule has 0 atom stereocenters. The number of pyridine rings is 1. The number of ether oxygens (including phenoxy) is 4. The van der Waals surface area contributed by atoms with E-state index in [2.05, 4.69) is 4.98 Å². The monoisotopic (exact) mass is 487 g/mol. The van der Waals surface area contributed by atoms with Gasteiger partial charge in [0.25, 0.3) is 5.69 Å². The molecule has 3 aromatic rings. The zero-order valence-corrected chi connectivity index (χ0v) is 19.1. The molecule has 2 aromatic carbocycles. The van der Waals surface area contributed by atoms with Crippen LogP contribution in [0.25, 0.3) is 0 Å². The second-order valence-corrected chi connectivity index (χ2v) is 7.76. The van der Waals surface area contributed by atoms with Gasteiger partial charge in [-0.2, -0.15) is 0 Å². The molecule has 0 aliphatic rings. The summed E-state index contributed by atoms with van der Waals surface area (Å²) in [7, 11) is 2.88. The van der Waals surface area contributed by atoms with Gasteiger partial charge in [0, 0.05) is 30.1 Å². The predicted octanol–water partition coefficient (Wildman–Crippen LogP) is 5.27. The van der Waals surface area contributed by atoms with Crippen molar-refractivity contribution < 1.29 is 28.8 Å². The molecule has 34 heavy (non-hydrogen) atoms. The predicted molar refractivity (Wildman–Crippen MR) is 124 cm³/mol. The van der Waals surface area contributed by atoms with Crippen molar-refractivity contribution in [3.8, 4) is 28.7 Å². The standard InChI is InChI=1S/C22H21N3O8S/c1-30-19-13-16(33-18-8-7-15(24(26)27)12-17(18)25(28)29)14-20(31-2)22(19)32-10-5-11-34-21-6-3-4-9-23-21/h3-4,6-9,12-14H,5,10-11H2,1-2H3. The van der Waals surface area contributed by atoms with Crippen LogP contribution in [-0.2, 0) is 0 Å². The molecule has 178 valence electrons. The summed E-state index contributed by atoms with van der Waals surface area (Å²) in [5.41, 5.74) is -0.961. The fourth-order valence-electron chi connectivity index (χ4n) is 2.87. The molecule has 0 aliphatic heterocycles. The summed E-state index contributed by atoms with van der Waals surface area (Å²) in [5.74, 6) is 1.77. The Morgan fingerprint density at radius 3 is 2.26 bits per heavy atom. The van der Waals surface area contributed by atoms with E-state index in [-0.39, 0.29) is 11.5 Å². The van der Waals surface area contributed by atoms with Crippen molar-refractivity contribution in [1.82, 2.24) is 4.98 Å². The van der Waals surface area contributed by atoms with E-state index in [1.54, 1.807) is 18.0 Å². The first kappa shape index (κ1) is 24.6. The minimum Gasteiger partial charge on any atom is -0.493 e. The van der Waals surface area contributed by atoms with Gasteiger partial charge in [0.2, 0.25) is 11.5 Å². The summed E-state index contributed by atoms with van der Waals surface area (Å²) in [6.07, 6.45) is 2.48. The quantitative estimate of drug-likeness (QED) is 0.144. The van der Waals surface area contributed by atoms with Gasteiger partial charge in [-0.15, -0.1) is 11.8 Å². The Morgan fingerprint density at radius 2 is 1.68 bits per heavy atom. The largest absolute Gasteiger partial charge is 0.493 e. The Bertz CT molecular complexity index is 1140. The van der Waals surface area contributed by atoms with E-state index in [0.29, 0.717) is 23.9 Å². The number of aromatic nitrogens is 1. The first-order chi connectivity index (χ1) is 16.4. The Hall–Kier alpha value is -4.06. The maximum absolute atomic E-state index is 11.4. The summed E-state index contributed by atoms with van der Waals surface area (Å²) >= 11 is 1.61. The van der Waals surface area contributed by atoms with Crippen molar-refractivity contribution in [2.24, 2.45) is 0 Å². The maximum atomic E-state index is 11.4. The summed E-state index contributed by atoms with van der Waals surface area (Å²) in [5, 5.41) is 23.2. The van der Waals surface area contributed by atoms with Crippen LogP contribution >= 0.6 is 11.8 Å². The molecule has 0 saturated carbocycles. The lowest BCUT2D eigenvalue weighted by atomic mass is 10.2. The van der Waals surface area contributed by atoms with Crippen LogP contribution in [0.5, 0.6) is 28.7 Å². The molecule has 11 nitrogen and oxygen atoms in total. The van der Waals surface area contributed by atoms with E-state index in [4.69, 9.17) is 18.9 Å². The number of nitro groups is 2. The van der Waals surface area contributed by atoms with Crippen LogP contribution < -0.4 is 18.9 Å². The molecule has 0 radical (unpaired) electrons. The lowest BCUT2D eigenvalue weighted by molar-refractivity contribution is -0.394. The third-order valence-electron chi connectivity index (χ3n) is 4.43. The van der Waals surface area contributed by atoms with E-state index in [1.165, 1.54) is 32.4 Å². The number of nitro benzene ring substituents is 2. The van der Waals surface area contributed by atoms with E-state index in [9.17, 15) is 20.2 Å². The number of nitrogens with zero attached hydrogens (tertiary/aromatic N) is 3. The van der Waals surface area contributed by atoms with Gasteiger partial charge < -0.3 is 18.9 Å². The van der Waals surface area contributed by atoms with E-state index >= 15 is 0 Å². The molecule has 0 fully saturated rings. The average Bonchev–Trinajstić information content (AvgIpc) is 2.84. The van der Waals surface area contributed by atoms with Crippen LogP contribution in [0.15, 0.2) is 59.8 Å². The smallest absolute Gasteiger partial charge is 0.318 e. The van der Waals surface area contributed by atoms with Gasteiger partial charge in [-0.25, -0.2) is 4.98 Å². The molecule has 0 unspecified atom stereocenters. The number of benzene rings is 2. The number of thioether (sulfide) groups is 1. The van der Waals surface area contributed by atoms with Crippen LogP contribution in [0.2, 0.25) is 0 Å². The van der Waals surface area contributed by atoms with Crippen molar-refractivity contribution in [3.63, 3.8) is 0 Å². The van der Waals surface area contributed by atoms with Gasteiger partial charge in [0.05, 0.1) is 41.8 Å². The molecule has 0 spiro atoms. The Kier molecular flexibility index (Phi) is 8.46. The summed E-state index contributed by atoms with van der Waals surface area (Å²) in [6.45, 7) is 0.389. The molecule has 0 bridgehead atoms. The van der Waals surface area contributed by atoms with Crippen LogP contribution in [0, 0.1) is 20.2 Å². The molecule has 0 amide bonds. The normalized spacial score (nSPS) is 10.4. The van der Waals surface area contributed by atoms with Gasteiger partial charge in [0.1, 0.15) is 5.75 Å². The Morgan fingerprint density at radius 1 is 0.941 bits per heavy atom. The van der Waals surface area contributed by atoms with E-state index < -0.39 is 21.2 Å². The Balaban J connectivity index is 1.73. The summed E-state index contributed by atoms with van der Waals surface area (Å²) in [6, 6.07) is 11.8. The zero-order valence-electron chi connectivity index (χ0n) is 18.3. The molecular weight excluding hydrogens is 466 g/mol. The van der Waals surface area contributed by atoms with Crippen molar-refractivity contribution >= 4 is 23.1 Å². The minimum absolute atomic E-state index is 0.167.